The first-order valence-electron chi connectivity index (χ1n) is 9.40. The zero-order valence-electron chi connectivity index (χ0n) is 16.8. The first kappa shape index (κ1) is 20.1. The van der Waals surface area contributed by atoms with Crippen LogP contribution in [0.4, 0.5) is 11.4 Å². The van der Waals surface area contributed by atoms with E-state index < -0.39 is 0 Å². The van der Waals surface area contributed by atoms with E-state index in [1.165, 1.54) is 11.8 Å². The van der Waals surface area contributed by atoms with Crippen molar-refractivity contribution in [3.05, 3.63) is 83.9 Å². The van der Waals surface area contributed by atoms with Crippen LogP contribution in [0.1, 0.15) is 18.1 Å². The van der Waals surface area contributed by atoms with Gasteiger partial charge in [0.05, 0.1) is 0 Å². The van der Waals surface area contributed by atoms with E-state index in [9.17, 15) is 9.59 Å². The molecular weight excluding hydrogens is 364 g/mol. The zero-order valence-corrected chi connectivity index (χ0v) is 16.8. The number of hydrogen-bond acceptors (Lipinski definition) is 3. The van der Waals surface area contributed by atoms with Crippen LogP contribution in [-0.4, -0.2) is 18.4 Å². The van der Waals surface area contributed by atoms with E-state index in [4.69, 9.17) is 4.74 Å². The molecule has 0 saturated carbocycles. The van der Waals surface area contributed by atoms with Gasteiger partial charge in [-0.1, -0.05) is 24.3 Å². The average Bonchev–Trinajstić information content (AvgIpc) is 2.67. The third-order valence-corrected chi connectivity index (χ3v) is 4.32. The van der Waals surface area contributed by atoms with E-state index >= 15 is 0 Å². The predicted molar refractivity (Wildman–Crippen MR) is 116 cm³/mol. The fraction of sp³-hybridized carbons (Fsp3) is 0.167. The summed E-state index contributed by atoms with van der Waals surface area (Å²) in [6, 6.07) is 22.4. The van der Waals surface area contributed by atoms with Crippen LogP contribution in [0.5, 0.6) is 11.5 Å². The smallest absolute Gasteiger partial charge is 0.244 e. The highest BCUT2D eigenvalue weighted by molar-refractivity contribution is 6.01. The Labute approximate surface area is 170 Å². The number of hydrogen-bond donors (Lipinski definition) is 1. The molecule has 3 rings (SSSR count). The largest absolute Gasteiger partial charge is 0.457 e. The molecular formula is C24H24N2O3. The molecule has 0 unspecified atom stereocenters. The Morgan fingerprint density at radius 2 is 1.45 bits per heavy atom. The third kappa shape index (κ3) is 5.69. The molecule has 0 aromatic heterocycles. The van der Waals surface area contributed by atoms with E-state index in [2.05, 4.69) is 5.32 Å². The second-order valence-electron chi connectivity index (χ2n) is 6.94. The number of benzene rings is 3. The molecule has 0 aliphatic carbocycles. The first-order chi connectivity index (χ1) is 13.9. The molecule has 0 saturated heterocycles. The lowest BCUT2D eigenvalue weighted by Gasteiger charge is -2.21. The van der Waals surface area contributed by atoms with Crippen LogP contribution in [0.2, 0.25) is 0 Å². The number of nitrogens with one attached hydrogen (secondary N) is 1. The SMILES string of the molecule is CC(=O)N(CC(=O)Nc1ccc(Oc2ccccc2)cc1)c1cc(C)cc(C)c1. The Morgan fingerprint density at radius 3 is 2.03 bits per heavy atom. The van der Waals surface area contributed by atoms with Crippen molar-refractivity contribution in [2.75, 3.05) is 16.8 Å². The Kier molecular flexibility index (Phi) is 6.29. The van der Waals surface area contributed by atoms with Gasteiger partial charge >= 0.3 is 0 Å². The molecule has 148 valence electrons. The lowest BCUT2D eigenvalue weighted by atomic mass is 10.1. The van der Waals surface area contributed by atoms with Crippen LogP contribution < -0.4 is 15.0 Å². The number of aryl methyl sites for hydroxylation is 2. The van der Waals surface area contributed by atoms with Crippen molar-refractivity contribution in [1.29, 1.82) is 0 Å². The Bertz CT molecular complexity index is 978. The molecule has 0 heterocycles. The number of anilines is 2. The van der Waals surface area contributed by atoms with E-state index in [-0.39, 0.29) is 18.4 Å². The highest BCUT2D eigenvalue weighted by Gasteiger charge is 2.16. The van der Waals surface area contributed by atoms with Gasteiger partial charge in [0.25, 0.3) is 0 Å². The predicted octanol–water partition coefficient (Wildman–Crippen LogP) is 5.09. The number of carbonyl (C=O) groups is 2. The maximum atomic E-state index is 12.5. The molecule has 5 heteroatoms. The third-order valence-electron chi connectivity index (χ3n) is 4.32. The van der Waals surface area contributed by atoms with Crippen molar-refractivity contribution in [2.24, 2.45) is 0 Å². The summed E-state index contributed by atoms with van der Waals surface area (Å²) in [5.41, 5.74) is 3.44. The van der Waals surface area contributed by atoms with Crippen LogP contribution in [0.15, 0.2) is 72.8 Å². The van der Waals surface area contributed by atoms with Crippen molar-refractivity contribution >= 4 is 23.2 Å². The van der Waals surface area contributed by atoms with Crippen LogP contribution in [0, 0.1) is 13.8 Å². The van der Waals surface area contributed by atoms with Gasteiger partial charge in [-0.05, 0) is 73.5 Å². The number of nitrogens with zero attached hydrogens (tertiary/aromatic N) is 1. The normalized spacial score (nSPS) is 10.3. The molecule has 0 atom stereocenters. The van der Waals surface area contributed by atoms with Gasteiger partial charge in [0.1, 0.15) is 18.0 Å². The summed E-state index contributed by atoms with van der Waals surface area (Å²) in [7, 11) is 0. The Morgan fingerprint density at radius 1 is 0.862 bits per heavy atom. The van der Waals surface area contributed by atoms with Crippen molar-refractivity contribution in [2.45, 2.75) is 20.8 Å². The maximum Gasteiger partial charge on any atom is 0.244 e. The quantitative estimate of drug-likeness (QED) is 0.640. The van der Waals surface area contributed by atoms with Gasteiger partial charge < -0.3 is 15.0 Å². The monoisotopic (exact) mass is 388 g/mol. The summed E-state index contributed by atoms with van der Waals surface area (Å²) in [4.78, 5) is 26.1. The standard InChI is InChI=1S/C24H24N2O3/c1-17-13-18(2)15-21(14-17)26(19(3)27)16-24(28)25-20-9-11-23(12-10-20)29-22-7-5-4-6-8-22/h4-15H,16H2,1-3H3,(H,25,28). The molecule has 0 radical (unpaired) electrons. The van der Waals surface area contributed by atoms with Gasteiger partial charge in [-0.2, -0.15) is 0 Å². The molecule has 1 N–H and O–H groups in total. The minimum atomic E-state index is -0.268. The average molecular weight is 388 g/mol. The molecule has 3 aromatic carbocycles. The molecule has 29 heavy (non-hydrogen) atoms. The van der Waals surface area contributed by atoms with Crippen molar-refractivity contribution in [3.63, 3.8) is 0 Å². The maximum absolute atomic E-state index is 12.5. The fourth-order valence-corrected chi connectivity index (χ4v) is 3.07. The number of para-hydroxylation sites is 1. The summed E-state index contributed by atoms with van der Waals surface area (Å²) in [6.45, 7) is 5.34. The van der Waals surface area contributed by atoms with Crippen molar-refractivity contribution < 1.29 is 14.3 Å². The van der Waals surface area contributed by atoms with Gasteiger partial charge in [0.15, 0.2) is 0 Å². The van der Waals surface area contributed by atoms with Crippen LogP contribution in [-0.2, 0) is 9.59 Å². The van der Waals surface area contributed by atoms with E-state index in [1.807, 2.05) is 62.4 Å². The van der Waals surface area contributed by atoms with Gasteiger partial charge in [-0.15, -0.1) is 0 Å². The van der Waals surface area contributed by atoms with E-state index in [0.29, 0.717) is 11.4 Å². The molecule has 0 bridgehead atoms. The summed E-state index contributed by atoms with van der Waals surface area (Å²) in [5, 5.41) is 2.83. The zero-order chi connectivity index (χ0) is 20.8. The molecule has 0 aliphatic rings. The van der Waals surface area contributed by atoms with Gasteiger partial charge in [-0.3, -0.25) is 9.59 Å². The number of amides is 2. The minimum Gasteiger partial charge on any atom is -0.457 e. The summed E-state index contributed by atoms with van der Waals surface area (Å²) < 4.78 is 5.75. The molecule has 0 aliphatic heterocycles. The number of rotatable bonds is 6. The fourth-order valence-electron chi connectivity index (χ4n) is 3.07. The molecule has 0 spiro atoms. The van der Waals surface area contributed by atoms with Crippen LogP contribution >= 0.6 is 0 Å². The minimum absolute atomic E-state index is 0.0551. The second-order valence-corrected chi connectivity index (χ2v) is 6.94. The molecule has 2 amide bonds. The van der Waals surface area contributed by atoms with Crippen LogP contribution in [0.25, 0.3) is 0 Å². The molecule has 0 fully saturated rings. The van der Waals surface area contributed by atoms with Crippen molar-refractivity contribution in [1.82, 2.24) is 0 Å². The highest BCUT2D eigenvalue weighted by atomic mass is 16.5. The Balaban J connectivity index is 1.65. The summed E-state index contributed by atoms with van der Waals surface area (Å²) >= 11 is 0. The highest BCUT2D eigenvalue weighted by Crippen LogP contribution is 2.23. The molecule has 5 nitrogen and oxygen atoms in total. The van der Waals surface area contributed by atoms with E-state index in [0.717, 1.165) is 22.6 Å². The number of carbonyl (C=O) groups excluding carboxylic acids is 2. The summed E-state index contributed by atoms with van der Waals surface area (Å²) in [5.74, 6) is 0.970. The van der Waals surface area contributed by atoms with Gasteiger partial charge in [0.2, 0.25) is 11.8 Å². The lowest BCUT2D eigenvalue weighted by Crippen LogP contribution is -2.36. The van der Waals surface area contributed by atoms with E-state index in [1.54, 1.807) is 24.3 Å². The molecule has 3 aromatic rings. The number of ether oxygens (including phenoxy) is 1. The van der Waals surface area contributed by atoms with Gasteiger partial charge in [-0.25, -0.2) is 0 Å². The summed E-state index contributed by atoms with van der Waals surface area (Å²) in [6.07, 6.45) is 0. The topological polar surface area (TPSA) is 58.6 Å². The van der Waals surface area contributed by atoms with Gasteiger partial charge in [0, 0.05) is 18.3 Å². The second kappa shape index (κ2) is 9.06. The van der Waals surface area contributed by atoms with Crippen LogP contribution in [0.3, 0.4) is 0 Å². The lowest BCUT2D eigenvalue weighted by molar-refractivity contribution is -0.120. The van der Waals surface area contributed by atoms with Crippen molar-refractivity contribution in [3.8, 4) is 11.5 Å². The Hall–Kier alpha value is -3.60. The first-order valence-corrected chi connectivity index (χ1v) is 9.40.